The van der Waals surface area contributed by atoms with Gasteiger partial charge in [-0.15, -0.1) is 0 Å². The van der Waals surface area contributed by atoms with Gasteiger partial charge in [-0.3, -0.25) is 19.9 Å². The van der Waals surface area contributed by atoms with Crippen molar-refractivity contribution in [2.75, 3.05) is 25.0 Å². The van der Waals surface area contributed by atoms with E-state index in [4.69, 9.17) is 16.6 Å². The summed E-state index contributed by atoms with van der Waals surface area (Å²) in [5.41, 5.74) is 2.74. The molecule has 2 N–H and O–H groups in total. The van der Waals surface area contributed by atoms with Crippen molar-refractivity contribution in [1.82, 2.24) is 24.8 Å². The molecule has 3 heterocycles. The number of benzene rings is 1. The lowest BCUT2D eigenvalue weighted by atomic mass is 10.1. The molecule has 9 heteroatoms. The van der Waals surface area contributed by atoms with Gasteiger partial charge in [0, 0.05) is 49.2 Å². The fraction of sp³-hybridized carbons (Fsp3) is 0.407. The monoisotopic (exact) mass is 506 g/mol. The highest BCUT2D eigenvalue weighted by Gasteiger charge is 2.27. The number of likely N-dealkylation sites (tertiary alicyclic amines) is 1. The highest BCUT2D eigenvalue weighted by molar-refractivity contribution is 6.35. The molecule has 5 rings (SSSR count). The summed E-state index contributed by atoms with van der Waals surface area (Å²) >= 11 is 6.64. The van der Waals surface area contributed by atoms with Gasteiger partial charge in [-0.25, -0.2) is 4.98 Å². The Bertz CT molecular complexity index is 1300. The molecule has 0 radical (unpaired) electrons. The van der Waals surface area contributed by atoms with Crippen molar-refractivity contribution in [3.05, 3.63) is 65.0 Å². The molecule has 1 atom stereocenters. The molecule has 1 aliphatic heterocycles. The molecular formula is C27H31ClN6O2. The number of carbonyl (C=O) groups excluding carboxylic acids is 2. The minimum absolute atomic E-state index is 0.00728. The van der Waals surface area contributed by atoms with Crippen LogP contribution < -0.4 is 10.6 Å². The Kier molecular flexibility index (Phi) is 7.34. The third-order valence-corrected chi connectivity index (χ3v) is 7.04. The van der Waals surface area contributed by atoms with Crippen LogP contribution in [0.2, 0.25) is 5.02 Å². The third kappa shape index (κ3) is 5.60. The summed E-state index contributed by atoms with van der Waals surface area (Å²) in [4.78, 5) is 36.9. The Hall–Kier alpha value is -3.23. The average molecular weight is 507 g/mol. The predicted octanol–water partition coefficient (Wildman–Crippen LogP) is 4.51. The second-order valence-corrected chi connectivity index (χ2v) is 9.98. The molecule has 0 spiro atoms. The van der Waals surface area contributed by atoms with Gasteiger partial charge < -0.3 is 14.8 Å². The van der Waals surface area contributed by atoms with Crippen molar-refractivity contribution in [2.24, 2.45) is 0 Å². The molecule has 188 valence electrons. The number of rotatable bonds is 7. The number of anilines is 1. The summed E-state index contributed by atoms with van der Waals surface area (Å²) in [6, 6.07) is 9.52. The van der Waals surface area contributed by atoms with Crippen LogP contribution in [0.4, 0.5) is 5.95 Å². The van der Waals surface area contributed by atoms with E-state index in [0.29, 0.717) is 47.7 Å². The number of aromatic nitrogens is 3. The van der Waals surface area contributed by atoms with Gasteiger partial charge in [0.05, 0.1) is 22.1 Å². The van der Waals surface area contributed by atoms with Crippen molar-refractivity contribution in [1.29, 1.82) is 0 Å². The smallest absolute Gasteiger partial charge is 0.258 e. The number of aryl methyl sites for hydroxylation is 1. The number of fused-ring (bicyclic) bond motifs is 1. The molecule has 1 saturated heterocycles. The van der Waals surface area contributed by atoms with Crippen molar-refractivity contribution in [3.63, 3.8) is 0 Å². The van der Waals surface area contributed by atoms with Gasteiger partial charge in [-0.2, -0.15) is 0 Å². The van der Waals surface area contributed by atoms with Crippen LogP contribution in [0.15, 0.2) is 48.7 Å². The first kappa shape index (κ1) is 24.5. The predicted molar refractivity (Wildman–Crippen MR) is 141 cm³/mol. The Morgan fingerprint density at radius 2 is 2.06 bits per heavy atom. The Morgan fingerprint density at radius 3 is 2.86 bits per heavy atom. The summed E-state index contributed by atoms with van der Waals surface area (Å²) in [5, 5.41) is 6.95. The number of pyridine rings is 1. The fourth-order valence-corrected chi connectivity index (χ4v) is 4.99. The summed E-state index contributed by atoms with van der Waals surface area (Å²) in [7, 11) is 0. The van der Waals surface area contributed by atoms with Crippen LogP contribution in [0, 0.1) is 6.92 Å². The third-order valence-electron chi connectivity index (χ3n) is 6.73. The average Bonchev–Trinajstić information content (AvgIpc) is 3.66. The molecule has 2 aliphatic rings. The van der Waals surface area contributed by atoms with Crippen LogP contribution in [0.1, 0.15) is 54.2 Å². The normalized spacial score (nSPS) is 18.5. The first-order valence-corrected chi connectivity index (χ1v) is 13.0. The highest BCUT2D eigenvalue weighted by atomic mass is 35.5. The minimum atomic E-state index is -0.263. The molecule has 3 aromatic rings. The van der Waals surface area contributed by atoms with Gasteiger partial charge >= 0.3 is 0 Å². The van der Waals surface area contributed by atoms with Crippen LogP contribution in [0.5, 0.6) is 0 Å². The van der Waals surface area contributed by atoms with E-state index >= 15 is 0 Å². The first-order chi connectivity index (χ1) is 17.5. The number of hydrogen-bond donors (Lipinski definition) is 2. The Labute approximate surface area is 215 Å². The summed E-state index contributed by atoms with van der Waals surface area (Å²) in [6.07, 6.45) is 10.4. The molecule has 2 fully saturated rings. The molecule has 8 nitrogen and oxygen atoms in total. The molecule has 2 amide bonds. The SMILES string of the molecule is Cc1cc(C(=O)Nc2nc3cccc(Cl)c3n2[C@@H]2CCCCN(C(=O)/C=C/CNC3CC3)C2)ccn1. The van der Waals surface area contributed by atoms with Crippen LogP contribution in [-0.2, 0) is 4.79 Å². The van der Waals surface area contributed by atoms with Gasteiger partial charge in [0.15, 0.2) is 0 Å². The van der Waals surface area contributed by atoms with Crippen LogP contribution in [-0.4, -0.2) is 56.9 Å². The molecular weight excluding hydrogens is 476 g/mol. The van der Waals surface area contributed by atoms with Gasteiger partial charge in [0.25, 0.3) is 5.91 Å². The summed E-state index contributed by atoms with van der Waals surface area (Å²) in [6.45, 7) is 3.78. The number of carbonyl (C=O) groups is 2. The van der Waals surface area contributed by atoms with Crippen LogP contribution in [0.25, 0.3) is 11.0 Å². The largest absolute Gasteiger partial charge is 0.337 e. The van der Waals surface area contributed by atoms with E-state index in [1.165, 1.54) is 12.8 Å². The molecule has 0 bridgehead atoms. The topological polar surface area (TPSA) is 92.2 Å². The van der Waals surface area contributed by atoms with E-state index in [2.05, 4.69) is 15.6 Å². The van der Waals surface area contributed by atoms with Gasteiger partial charge in [0.1, 0.15) is 0 Å². The zero-order valence-electron chi connectivity index (χ0n) is 20.4. The van der Waals surface area contributed by atoms with E-state index < -0.39 is 0 Å². The number of halogens is 1. The highest BCUT2D eigenvalue weighted by Crippen LogP contribution is 2.34. The quantitative estimate of drug-likeness (QED) is 0.460. The van der Waals surface area contributed by atoms with Gasteiger partial charge in [-0.1, -0.05) is 23.7 Å². The maximum absolute atomic E-state index is 13.1. The van der Waals surface area contributed by atoms with Crippen molar-refractivity contribution < 1.29 is 9.59 Å². The molecule has 0 unspecified atom stereocenters. The van der Waals surface area contributed by atoms with E-state index in [0.717, 1.165) is 30.5 Å². The Balaban J connectivity index is 1.42. The number of nitrogens with zero attached hydrogens (tertiary/aromatic N) is 4. The molecule has 2 aromatic heterocycles. The van der Waals surface area contributed by atoms with E-state index in [9.17, 15) is 9.59 Å². The zero-order valence-corrected chi connectivity index (χ0v) is 21.2. The molecule has 1 aliphatic carbocycles. The first-order valence-electron chi connectivity index (χ1n) is 12.6. The van der Waals surface area contributed by atoms with Crippen molar-refractivity contribution in [3.8, 4) is 0 Å². The zero-order chi connectivity index (χ0) is 25.1. The maximum Gasteiger partial charge on any atom is 0.258 e. The standard InChI is InChI=1S/C27H31ClN6O2/c1-18-16-19(12-14-29-18)26(36)32-27-31-23-8-4-7-22(28)25(23)34(27)21-6-2-3-15-33(17-21)24(35)9-5-13-30-20-10-11-20/h4-5,7-9,12,14,16,20-21,30H,2-3,6,10-11,13,15,17H2,1H3,(H,31,32,36)/b9-5+/t21-/m1/s1. The van der Waals surface area contributed by atoms with Crippen LogP contribution >= 0.6 is 11.6 Å². The summed E-state index contributed by atoms with van der Waals surface area (Å²) < 4.78 is 2.01. The van der Waals surface area contributed by atoms with Crippen molar-refractivity contribution in [2.45, 2.75) is 51.1 Å². The van der Waals surface area contributed by atoms with E-state index in [1.807, 2.05) is 40.7 Å². The number of para-hydroxylation sites is 1. The fourth-order valence-electron chi connectivity index (χ4n) is 4.73. The lowest BCUT2D eigenvalue weighted by Gasteiger charge is -2.26. The number of nitrogens with one attached hydrogen (secondary N) is 2. The second kappa shape index (κ2) is 10.8. The molecule has 36 heavy (non-hydrogen) atoms. The van der Waals surface area contributed by atoms with Gasteiger partial charge in [0.2, 0.25) is 11.9 Å². The lowest BCUT2D eigenvalue weighted by molar-refractivity contribution is -0.126. The van der Waals surface area contributed by atoms with E-state index in [1.54, 1.807) is 24.4 Å². The summed E-state index contributed by atoms with van der Waals surface area (Å²) in [5.74, 6) is 0.176. The number of hydrogen-bond acceptors (Lipinski definition) is 5. The molecule has 1 aromatic carbocycles. The second-order valence-electron chi connectivity index (χ2n) is 9.57. The number of amides is 2. The Morgan fingerprint density at radius 1 is 1.19 bits per heavy atom. The van der Waals surface area contributed by atoms with E-state index in [-0.39, 0.29) is 17.9 Å². The van der Waals surface area contributed by atoms with Crippen molar-refractivity contribution >= 4 is 40.4 Å². The minimum Gasteiger partial charge on any atom is -0.337 e. The lowest BCUT2D eigenvalue weighted by Crippen LogP contribution is -2.35. The molecule has 1 saturated carbocycles. The van der Waals surface area contributed by atoms with Crippen LogP contribution in [0.3, 0.4) is 0 Å². The van der Waals surface area contributed by atoms with Gasteiger partial charge in [-0.05, 0) is 63.3 Å². The number of imidazole rings is 1. The maximum atomic E-state index is 13.1.